The standard InChI is InChI=1S/C15H20F3NO/c16-15(17,18)12-6-4-11(5-7-12)9-14(10-19)8-2-1-3-13(14)20/h4-7,13,20H,1-3,8-10,19H2. The van der Waals surface area contributed by atoms with E-state index in [2.05, 4.69) is 0 Å². The molecule has 0 spiro atoms. The summed E-state index contributed by atoms with van der Waals surface area (Å²) in [7, 11) is 0. The molecule has 0 aliphatic heterocycles. The average molecular weight is 287 g/mol. The van der Waals surface area contributed by atoms with Crippen LogP contribution in [-0.4, -0.2) is 17.8 Å². The summed E-state index contributed by atoms with van der Waals surface area (Å²) in [4.78, 5) is 0. The fraction of sp³-hybridized carbons (Fsp3) is 0.600. The van der Waals surface area contributed by atoms with Gasteiger partial charge in [-0.25, -0.2) is 0 Å². The van der Waals surface area contributed by atoms with Crippen molar-refractivity contribution in [3.63, 3.8) is 0 Å². The van der Waals surface area contributed by atoms with E-state index in [4.69, 9.17) is 5.73 Å². The molecular weight excluding hydrogens is 267 g/mol. The predicted octanol–water partition coefficient (Wildman–Crippen LogP) is 3.13. The van der Waals surface area contributed by atoms with Gasteiger partial charge in [0.05, 0.1) is 11.7 Å². The van der Waals surface area contributed by atoms with Gasteiger partial charge in [-0.3, -0.25) is 0 Å². The summed E-state index contributed by atoms with van der Waals surface area (Å²) in [6.45, 7) is 0.356. The van der Waals surface area contributed by atoms with Crippen LogP contribution < -0.4 is 5.73 Å². The Hall–Kier alpha value is -1.07. The van der Waals surface area contributed by atoms with Crippen molar-refractivity contribution in [2.24, 2.45) is 11.1 Å². The second kappa shape index (κ2) is 5.74. The molecule has 2 unspecified atom stereocenters. The van der Waals surface area contributed by atoms with Crippen LogP contribution in [-0.2, 0) is 12.6 Å². The van der Waals surface area contributed by atoms with E-state index in [0.717, 1.165) is 43.4 Å². The zero-order chi connectivity index (χ0) is 14.8. The molecule has 1 fully saturated rings. The lowest BCUT2D eigenvalue weighted by Crippen LogP contribution is -2.45. The van der Waals surface area contributed by atoms with Crippen LogP contribution in [0.1, 0.15) is 36.8 Å². The van der Waals surface area contributed by atoms with Gasteiger partial charge < -0.3 is 10.8 Å². The Balaban J connectivity index is 2.16. The molecule has 1 aromatic rings. The average Bonchev–Trinajstić information content (AvgIpc) is 2.41. The Morgan fingerprint density at radius 2 is 1.85 bits per heavy atom. The van der Waals surface area contributed by atoms with Gasteiger partial charge in [0.25, 0.3) is 0 Å². The van der Waals surface area contributed by atoms with Gasteiger partial charge in [0, 0.05) is 12.0 Å². The SMILES string of the molecule is NCC1(Cc2ccc(C(F)(F)F)cc2)CCCCC1O. The van der Waals surface area contributed by atoms with Gasteiger partial charge in [-0.2, -0.15) is 13.2 Å². The van der Waals surface area contributed by atoms with E-state index in [9.17, 15) is 18.3 Å². The van der Waals surface area contributed by atoms with E-state index in [1.54, 1.807) is 0 Å². The van der Waals surface area contributed by atoms with Gasteiger partial charge in [0.15, 0.2) is 0 Å². The maximum Gasteiger partial charge on any atom is 0.416 e. The van der Waals surface area contributed by atoms with Gasteiger partial charge in [-0.15, -0.1) is 0 Å². The lowest BCUT2D eigenvalue weighted by molar-refractivity contribution is -0.137. The molecule has 0 amide bonds. The molecule has 2 atom stereocenters. The predicted molar refractivity (Wildman–Crippen MR) is 71.1 cm³/mol. The van der Waals surface area contributed by atoms with E-state index in [-0.39, 0.29) is 0 Å². The number of nitrogens with two attached hydrogens (primary N) is 1. The van der Waals surface area contributed by atoms with Crippen LogP contribution in [0.15, 0.2) is 24.3 Å². The minimum absolute atomic E-state index is 0.356. The molecule has 0 saturated heterocycles. The molecule has 3 N–H and O–H groups in total. The Morgan fingerprint density at radius 1 is 1.20 bits per heavy atom. The van der Waals surface area contributed by atoms with E-state index in [0.29, 0.717) is 13.0 Å². The van der Waals surface area contributed by atoms with Crippen LogP contribution in [0.2, 0.25) is 0 Å². The first kappa shape index (κ1) is 15.3. The number of aliphatic hydroxyl groups is 1. The van der Waals surface area contributed by atoms with Crippen molar-refractivity contribution >= 4 is 0 Å². The Bertz CT molecular complexity index is 443. The monoisotopic (exact) mass is 287 g/mol. The van der Waals surface area contributed by atoms with Crippen LogP contribution in [0.3, 0.4) is 0 Å². The van der Waals surface area contributed by atoms with Gasteiger partial charge in [0.1, 0.15) is 0 Å². The summed E-state index contributed by atoms with van der Waals surface area (Å²) in [5.74, 6) is 0. The van der Waals surface area contributed by atoms with Gasteiger partial charge in [-0.1, -0.05) is 25.0 Å². The second-order valence-electron chi connectivity index (χ2n) is 5.70. The van der Waals surface area contributed by atoms with Crippen molar-refractivity contribution in [1.29, 1.82) is 0 Å². The summed E-state index contributed by atoms with van der Waals surface area (Å²) < 4.78 is 37.6. The topological polar surface area (TPSA) is 46.2 Å². The van der Waals surface area contributed by atoms with E-state index in [1.165, 1.54) is 12.1 Å². The Labute approximate surface area is 116 Å². The number of rotatable bonds is 3. The van der Waals surface area contributed by atoms with E-state index >= 15 is 0 Å². The summed E-state index contributed by atoms with van der Waals surface area (Å²) >= 11 is 0. The summed E-state index contributed by atoms with van der Waals surface area (Å²) in [6, 6.07) is 5.16. The molecule has 112 valence electrons. The fourth-order valence-corrected chi connectivity index (χ4v) is 3.02. The van der Waals surface area contributed by atoms with Crippen LogP contribution in [0, 0.1) is 5.41 Å². The van der Waals surface area contributed by atoms with Crippen molar-refractivity contribution in [2.45, 2.75) is 44.4 Å². The number of hydrogen-bond acceptors (Lipinski definition) is 2. The molecular formula is C15H20F3NO. The van der Waals surface area contributed by atoms with Crippen molar-refractivity contribution in [3.8, 4) is 0 Å². The molecule has 5 heteroatoms. The quantitative estimate of drug-likeness (QED) is 0.897. The van der Waals surface area contributed by atoms with Gasteiger partial charge >= 0.3 is 6.18 Å². The molecule has 1 aliphatic rings. The molecule has 1 aromatic carbocycles. The summed E-state index contributed by atoms with van der Waals surface area (Å²) in [6.07, 6.45) is -0.713. The number of hydrogen-bond donors (Lipinski definition) is 2. The number of halogens is 3. The largest absolute Gasteiger partial charge is 0.416 e. The highest BCUT2D eigenvalue weighted by atomic mass is 19.4. The lowest BCUT2D eigenvalue weighted by Gasteiger charge is -2.41. The molecule has 0 aromatic heterocycles. The molecule has 20 heavy (non-hydrogen) atoms. The maximum absolute atomic E-state index is 12.5. The maximum atomic E-state index is 12.5. The normalized spacial score (nSPS) is 27.6. The highest BCUT2D eigenvalue weighted by Crippen LogP contribution is 2.39. The zero-order valence-corrected chi connectivity index (χ0v) is 11.3. The van der Waals surface area contributed by atoms with Gasteiger partial charge in [-0.05, 0) is 37.0 Å². The van der Waals surface area contributed by atoms with Crippen molar-refractivity contribution in [1.82, 2.24) is 0 Å². The first-order chi connectivity index (χ1) is 9.37. The number of benzene rings is 1. The van der Waals surface area contributed by atoms with Crippen LogP contribution >= 0.6 is 0 Å². The first-order valence-corrected chi connectivity index (χ1v) is 6.92. The summed E-state index contributed by atoms with van der Waals surface area (Å²) in [5, 5.41) is 10.2. The molecule has 0 radical (unpaired) electrons. The van der Waals surface area contributed by atoms with Gasteiger partial charge in [0.2, 0.25) is 0 Å². The number of aliphatic hydroxyl groups excluding tert-OH is 1. The minimum Gasteiger partial charge on any atom is -0.392 e. The Morgan fingerprint density at radius 3 is 2.35 bits per heavy atom. The third-order valence-electron chi connectivity index (χ3n) is 4.35. The third kappa shape index (κ3) is 3.15. The lowest BCUT2D eigenvalue weighted by atomic mass is 9.68. The highest BCUT2D eigenvalue weighted by Gasteiger charge is 2.39. The zero-order valence-electron chi connectivity index (χ0n) is 11.3. The minimum atomic E-state index is -4.31. The number of alkyl halides is 3. The second-order valence-corrected chi connectivity index (χ2v) is 5.70. The third-order valence-corrected chi connectivity index (χ3v) is 4.35. The van der Waals surface area contributed by atoms with Crippen LogP contribution in [0.5, 0.6) is 0 Å². The molecule has 1 aliphatic carbocycles. The smallest absolute Gasteiger partial charge is 0.392 e. The van der Waals surface area contributed by atoms with Crippen molar-refractivity contribution < 1.29 is 18.3 Å². The fourth-order valence-electron chi connectivity index (χ4n) is 3.02. The molecule has 0 heterocycles. The summed E-state index contributed by atoms with van der Waals surface area (Å²) in [5.41, 5.74) is 5.59. The molecule has 2 rings (SSSR count). The highest BCUT2D eigenvalue weighted by molar-refractivity contribution is 5.26. The van der Waals surface area contributed by atoms with Crippen LogP contribution in [0.25, 0.3) is 0 Å². The Kier molecular flexibility index (Phi) is 4.39. The van der Waals surface area contributed by atoms with Crippen molar-refractivity contribution in [2.75, 3.05) is 6.54 Å². The van der Waals surface area contributed by atoms with Crippen molar-refractivity contribution in [3.05, 3.63) is 35.4 Å². The van der Waals surface area contributed by atoms with E-state index in [1.807, 2.05) is 0 Å². The first-order valence-electron chi connectivity index (χ1n) is 6.92. The van der Waals surface area contributed by atoms with Crippen LogP contribution in [0.4, 0.5) is 13.2 Å². The molecule has 2 nitrogen and oxygen atoms in total. The molecule has 1 saturated carbocycles. The molecule has 0 bridgehead atoms. The van der Waals surface area contributed by atoms with E-state index < -0.39 is 23.3 Å².